The Hall–Kier alpha value is -5.72. The number of nitrogens with two attached hydrogens (primary N) is 1. The number of rotatable bonds is 13. The molecule has 1 aliphatic carbocycles. The minimum absolute atomic E-state index is 0.103. The number of amides is 4. The summed E-state index contributed by atoms with van der Waals surface area (Å²) in [6, 6.07) is 17.6. The predicted octanol–water partition coefficient (Wildman–Crippen LogP) is 4.65. The fraction of sp³-hybridized carbons (Fsp3) is 0.400. The fourth-order valence-electron chi connectivity index (χ4n) is 6.97. The maximum Gasteiger partial charge on any atom is 0.407 e. The highest BCUT2D eigenvalue weighted by Gasteiger charge is 2.39. The molecular weight excluding hydrogens is 678 g/mol. The Morgan fingerprint density at radius 3 is 2.13 bits per heavy atom. The number of anilines is 2. The summed E-state index contributed by atoms with van der Waals surface area (Å²) in [5.74, 6) is -3.50. The lowest BCUT2D eigenvalue weighted by molar-refractivity contribution is -0.143. The number of carbonyl (C=O) groups is 6. The average molecular weight is 726 g/mol. The summed E-state index contributed by atoms with van der Waals surface area (Å²) >= 11 is 0. The number of fused-ring (bicyclic) bond motifs is 3. The van der Waals surface area contributed by atoms with E-state index >= 15 is 0 Å². The average Bonchev–Trinajstić information content (AvgIpc) is 3.76. The van der Waals surface area contributed by atoms with E-state index in [9.17, 15) is 28.8 Å². The Morgan fingerprint density at radius 1 is 0.887 bits per heavy atom. The number of nitrogens with zero attached hydrogens (tertiary/aromatic N) is 1. The van der Waals surface area contributed by atoms with E-state index in [1.165, 1.54) is 30.2 Å². The molecule has 3 aromatic carbocycles. The Morgan fingerprint density at radius 2 is 1.53 bits per heavy atom. The van der Waals surface area contributed by atoms with Gasteiger partial charge in [0.05, 0.1) is 30.1 Å². The van der Waals surface area contributed by atoms with Gasteiger partial charge in [-0.05, 0) is 66.1 Å². The van der Waals surface area contributed by atoms with Crippen molar-refractivity contribution in [2.45, 2.75) is 71.0 Å². The van der Waals surface area contributed by atoms with Crippen LogP contribution in [-0.4, -0.2) is 78.9 Å². The standard InChI is InChI=1S/C40H47N5O8/c1-22(2)35(37(48)43-32-17-16-25(20-31(32)41)39(50)52-5)44-36(47)33-15-10-18-45(33)38(49)23(3)19-34(46)24(4)42-40(51)53-21-30-28-13-8-6-11-26(28)27-12-7-9-14-29(27)30/h6-9,11-14,16-17,20,22-24,30,33,35H,10,15,18-19,21,41H2,1-5H3,(H,42,51)(H,43,48)(H,44,47). The van der Waals surface area contributed by atoms with Gasteiger partial charge in [-0.1, -0.05) is 69.3 Å². The number of benzene rings is 3. The first-order valence-corrected chi connectivity index (χ1v) is 17.8. The van der Waals surface area contributed by atoms with Gasteiger partial charge in [-0.2, -0.15) is 0 Å². The monoisotopic (exact) mass is 725 g/mol. The number of nitrogens with one attached hydrogen (secondary N) is 3. The number of esters is 1. The first-order chi connectivity index (χ1) is 25.3. The van der Waals surface area contributed by atoms with Crippen LogP contribution in [0.2, 0.25) is 0 Å². The van der Waals surface area contributed by atoms with Crippen molar-refractivity contribution >= 4 is 46.9 Å². The molecule has 5 rings (SSSR count). The van der Waals surface area contributed by atoms with Crippen molar-refractivity contribution < 1.29 is 38.2 Å². The molecule has 0 saturated carbocycles. The van der Waals surface area contributed by atoms with E-state index < -0.39 is 47.9 Å². The Kier molecular flexibility index (Phi) is 12.2. The molecule has 13 heteroatoms. The zero-order valence-electron chi connectivity index (χ0n) is 30.6. The van der Waals surface area contributed by atoms with Crippen molar-refractivity contribution in [2.75, 3.05) is 31.3 Å². The molecule has 2 aliphatic rings. The predicted molar refractivity (Wildman–Crippen MR) is 199 cm³/mol. The van der Waals surface area contributed by atoms with E-state index in [0.717, 1.165) is 22.3 Å². The van der Waals surface area contributed by atoms with Gasteiger partial charge in [0, 0.05) is 24.8 Å². The molecule has 0 bridgehead atoms. The van der Waals surface area contributed by atoms with Gasteiger partial charge in [0.2, 0.25) is 17.7 Å². The summed E-state index contributed by atoms with van der Waals surface area (Å²) in [6.07, 6.45) is 0.0903. The maximum absolute atomic E-state index is 13.6. The first kappa shape index (κ1) is 38.5. The molecule has 4 atom stereocenters. The van der Waals surface area contributed by atoms with Gasteiger partial charge in [0.1, 0.15) is 18.7 Å². The number of ether oxygens (including phenoxy) is 2. The normalized spacial score (nSPS) is 16.5. The van der Waals surface area contributed by atoms with Crippen LogP contribution in [0.1, 0.15) is 74.4 Å². The molecule has 1 saturated heterocycles. The van der Waals surface area contributed by atoms with Crippen LogP contribution in [0.5, 0.6) is 0 Å². The molecule has 0 aromatic heterocycles. The van der Waals surface area contributed by atoms with Crippen LogP contribution in [0.25, 0.3) is 11.1 Å². The summed E-state index contributed by atoms with van der Waals surface area (Å²) in [7, 11) is 1.25. The lowest BCUT2D eigenvalue weighted by atomic mass is 9.98. The smallest absolute Gasteiger partial charge is 0.407 e. The van der Waals surface area contributed by atoms with Crippen molar-refractivity contribution in [3.63, 3.8) is 0 Å². The van der Waals surface area contributed by atoms with Crippen LogP contribution in [0, 0.1) is 11.8 Å². The second-order valence-electron chi connectivity index (χ2n) is 14.0. The first-order valence-electron chi connectivity index (χ1n) is 17.8. The summed E-state index contributed by atoms with van der Waals surface area (Å²) in [4.78, 5) is 79.6. The molecule has 5 N–H and O–H groups in total. The van der Waals surface area contributed by atoms with Crippen molar-refractivity contribution in [2.24, 2.45) is 11.8 Å². The van der Waals surface area contributed by atoms with E-state index in [1.807, 2.05) is 48.5 Å². The van der Waals surface area contributed by atoms with Crippen LogP contribution >= 0.6 is 0 Å². The number of likely N-dealkylation sites (tertiary alicyclic amines) is 1. The van der Waals surface area contributed by atoms with E-state index in [-0.39, 0.29) is 53.5 Å². The molecule has 13 nitrogen and oxygen atoms in total. The minimum Gasteiger partial charge on any atom is -0.465 e. The van der Waals surface area contributed by atoms with Gasteiger partial charge >= 0.3 is 12.1 Å². The third-order valence-electron chi connectivity index (χ3n) is 9.91. The van der Waals surface area contributed by atoms with Gasteiger partial charge in [0.25, 0.3) is 0 Å². The largest absolute Gasteiger partial charge is 0.465 e. The number of ketones is 1. The number of nitrogen functional groups attached to an aromatic ring is 1. The van der Waals surface area contributed by atoms with Crippen LogP contribution in [0.3, 0.4) is 0 Å². The summed E-state index contributed by atoms with van der Waals surface area (Å²) in [6.45, 7) is 7.14. The molecule has 4 unspecified atom stereocenters. The minimum atomic E-state index is -0.955. The van der Waals surface area contributed by atoms with Gasteiger partial charge in [-0.25, -0.2) is 9.59 Å². The van der Waals surface area contributed by atoms with Gasteiger partial charge in [0.15, 0.2) is 5.78 Å². The number of Topliss-reactive ketones (excluding diaryl/α,β-unsaturated/α-hetero) is 1. The number of hydrogen-bond acceptors (Lipinski definition) is 9. The Labute approximate surface area is 309 Å². The molecule has 4 amide bonds. The molecule has 3 aromatic rings. The van der Waals surface area contributed by atoms with E-state index in [4.69, 9.17) is 15.2 Å². The molecule has 1 fully saturated rings. The number of carbonyl (C=O) groups excluding carboxylic acids is 6. The van der Waals surface area contributed by atoms with Crippen LogP contribution in [0.4, 0.5) is 16.2 Å². The number of alkyl carbamates (subject to hydrolysis) is 1. The molecular formula is C40H47N5O8. The molecule has 1 aliphatic heterocycles. The summed E-state index contributed by atoms with van der Waals surface area (Å²) < 4.78 is 10.3. The van der Waals surface area contributed by atoms with Gasteiger partial charge < -0.3 is 36.1 Å². The third-order valence-corrected chi connectivity index (χ3v) is 9.91. The topological polar surface area (TPSA) is 186 Å². The van der Waals surface area contributed by atoms with Gasteiger partial charge in [-0.3, -0.25) is 19.2 Å². The highest BCUT2D eigenvalue weighted by atomic mass is 16.5. The molecule has 0 spiro atoms. The second-order valence-corrected chi connectivity index (χ2v) is 14.0. The van der Waals surface area contributed by atoms with E-state index in [0.29, 0.717) is 19.4 Å². The van der Waals surface area contributed by atoms with Crippen molar-refractivity contribution in [1.29, 1.82) is 0 Å². The van der Waals surface area contributed by atoms with Crippen molar-refractivity contribution in [3.05, 3.63) is 83.4 Å². The zero-order valence-corrected chi connectivity index (χ0v) is 30.6. The molecule has 280 valence electrons. The zero-order chi connectivity index (χ0) is 38.4. The van der Waals surface area contributed by atoms with E-state index in [1.54, 1.807) is 27.7 Å². The number of hydrogen-bond donors (Lipinski definition) is 4. The molecule has 1 heterocycles. The second kappa shape index (κ2) is 16.7. The van der Waals surface area contributed by atoms with Crippen LogP contribution < -0.4 is 21.7 Å². The van der Waals surface area contributed by atoms with Gasteiger partial charge in [-0.15, -0.1) is 0 Å². The molecule has 53 heavy (non-hydrogen) atoms. The summed E-state index contributed by atoms with van der Waals surface area (Å²) in [5.41, 5.74) is 11.0. The highest BCUT2D eigenvalue weighted by molar-refractivity contribution is 6.01. The summed E-state index contributed by atoms with van der Waals surface area (Å²) in [5, 5.41) is 8.11. The highest BCUT2D eigenvalue weighted by Crippen LogP contribution is 2.44. The number of methoxy groups -OCH3 is 1. The quantitative estimate of drug-likeness (QED) is 0.144. The molecule has 0 radical (unpaired) electrons. The fourth-order valence-corrected chi connectivity index (χ4v) is 6.97. The van der Waals surface area contributed by atoms with Crippen LogP contribution in [-0.2, 0) is 28.7 Å². The SMILES string of the molecule is COC(=O)c1ccc(NC(=O)C(NC(=O)C2CCCN2C(=O)C(C)CC(=O)C(C)NC(=O)OCC2c3ccccc3-c3ccccc32)C(C)C)c(N)c1. The van der Waals surface area contributed by atoms with Crippen molar-refractivity contribution in [1.82, 2.24) is 15.5 Å². The maximum atomic E-state index is 13.6. The van der Waals surface area contributed by atoms with Crippen molar-refractivity contribution in [3.8, 4) is 11.1 Å². The third kappa shape index (κ3) is 8.67. The lowest BCUT2D eigenvalue weighted by Gasteiger charge is -2.29. The van der Waals surface area contributed by atoms with Crippen LogP contribution in [0.15, 0.2) is 66.7 Å². The lowest BCUT2D eigenvalue weighted by Crippen LogP contribution is -2.54. The van der Waals surface area contributed by atoms with E-state index in [2.05, 4.69) is 16.0 Å². The Balaban J connectivity index is 1.12. The Bertz CT molecular complexity index is 1850.